The number of hydrogen-bond donors (Lipinski definition) is 1. The van der Waals surface area contributed by atoms with Crippen LogP contribution in [0.3, 0.4) is 0 Å². The van der Waals surface area contributed by atoms with Gasteiger partial charge in [-0.25, -0.2) is 0 Å². The van der Waals surface area contributed by atoms with Gasteiger partial charge in [-0.1, -0.05) is 35.2 Å². The highest BCUT2D eigenvalue weighted by Crippen LogP contribution is 2.09. The highest BCUT2D eigenvalue weighted by Gasteiger charge is 1.89. The fraction of sp³-hybridized carbons (Fsp3) is 0.250. The lowest BCUT2D eigenvalue weighted by atomic mass is 10.4. The number of aliphatic hydroxyl groups excluding tert-OH is 1. The van der Waals surface area contributed by atoms with Crippen LogP contribution in [-0.2, 0) is 4.74 Å². The summed E-state index contributed by atoms with van der Waals surface area (Å²) in [6.45, 7) is 7.39. The van der Waals surface area contributed by atoms with Crippen molar-refractivity contribution in [3.8, 4) is 0 Å². The van der Waals surface area contributed by atoms with Gasteiger partial charge >= 0.3 is 0 Å². The van der Waals surface area contributed by atoms with E-state index in [0.717, 1.165) is 4.48 Å². The molecule has 0 amide bonds. The molecule has 0 aromatic carbocycles. The van der Waals surface area contributed by atoms with Gasteiger partial charge in [0, 0.05) is 4.48 Å². The van der Waals surface area contributed by atoms with Crippen molar-refractivity contribution in [3.05, 3.63) is 35.6 Å². The highest BCUT2D eigenvalue weighted by molar-refractivity contribution is 9.11. The minimum atomic E-state index is -0.00142. The van der Waals surface area contributed by atoms with Crippen LogP contribution in [0, 0.1) is 0 Å². The lowest BCUT2D eigenvalue weighted by Crippen LogP contribution is -1.96. The van der Waals surface area contributed by atoms with Crippen molar-refractivity contribution in [1.29, 1.82) is 0 Å². The van der Waals surface area contributed by atoms with Gasteiger partial charge in [-0.15, -0.1) is 0 Å². The minimum Gasteiger partial charge on any atom is -0.492 e. The van der Waals surface area contributed by atoms with Crippen molar-refractivity contribution in [3.63, 3.8) is 0 Å². The molecule has 62 valence electrons. The Balaban J connectivity index is 3.76. The minimum absolute atomic E-state index is 0.00142. The highest BCUT2D eigenvalue weighted by atomic mass is 79.9. The second-order valence-corrected chi connectivity index (χ2v) is 2.69. The number of ether oxygens (including phenoxy) is 1. The summed E-state index contributed by atoms with van der Waals surface area (Å²) in [5.41, 5.74) is 0. The van der Waals surface area contributed by atoms with Crippen molar-refractivity contribution in [2.24, 2.45) is 0 Å². The molecule has 0 aromatic heterocycles. The maximum atomic E-state index is 8.39. The van der Waals surface area contributed by atoms with Crippen molar-refractivity contribution < 1.29 is 9.84 Å². The lowest BCUT2D eigenvalue weighted by molar-refractivity contribution is 0.153. The molecule has 0 aromatic rings. The lowest BCUT2D eigenvalue weighted by Gasteiger charge is -2.02. The van der Waals surface area contributed by atoms with Crippen LogP contribution < -0.4 is 0 Å². The first kappa shape index (κ1) is 10.5. The second kappa shape index (κ2) is 6.19. The Hall–Kier alpha value is -0.540. The number of aliphatic hydroxyl groups is 1. The first-order chi connectivity index (χ1) is 5.20. The Morgan fingerprint density at radius 1 is 1.64 bits per heavy atom. The van der Waals surface area contributed by atoms with Crippen molar-refractivity contribution >= 4 is 15.9 Å². The molecule has 0 aliphatic rings. The van der Waals surface area contributed by atoms with Gasteiger partial charge in [0.1, 0.15) is 12.4 Å². The molecule has 0 saturated carbocycles. The van der Waals surface area contributed by atoms with Gasteiger partial charge in [0.2, 0.25) is 0 Å². The number of hydrogen-bond acceptors (Lipinski definition) is 2. The summed E-state index contributed by atoms with van der Waals surface area (Å²) in [5, 5.41) is 8.39. The third-order valence-corrected chi connectivity index (χ3v) is 1.43. The Morgan fingerprint density at radius 2 is 2.27 bits per heavy atom. The molecule has 2 nitrogen and oxygen atoms in total. The monoisotopic (exact) mass is 218 g/mol. The summed E-state index contributed by atoms with van der Waals surface area (Å²) in [4.78, 5) is 0. The average Bonchev–Trinajstić information content (AvgIpc) is 2.00. The van der Waals surface area contributed by atoms with Crippen LogP contribution in [0.4, 0.5) is 0 Å². The van der Waals surface area contributed by atoms with E-state index < -0.39 is 0 Å². The third kappa shape index (κ3) is 5.88. The predicted molar refractivity (Wildman–Crippen MR) is 49.4 cm³/mol. The van der Waals surface area contributed by atoms with E-state index in [2.05, 4.69) is 29.1 Å². The van der Waals surface area contributed by atoms with Gasteiger partial charge in [0.25, 0.3) is 0 Å². The third-order valence-electron chi connectivity index (χ3n) is 0.873. The molecule has 1 N–H and O–H groups in total. The summed E-state index contributed by atoms with van der Waals surface area (Å²) in [6.07, 6.45) is 3.32. The van der Waals surface area contributed by atoms with Crippen molar-refractivity contribution in [1.82, 2.24) is 0 Å². The average molecular weight is 219 g/mol. The van der Waals surface area contributed by atoms with E-state index in [-0.39, 0.29) is 13.2 Å². The van der Waals surface area contributed by atoms with E-state index in [0.29, 0.717) is 5.76 Å². The first-order valence-corrected chi connectivity index (χ1v) is 3.92. The molecule has 3 heteroatoms. The standard InChI is InChI=1S/C8H11BrO2/c1-3-8(9)6-7(2)11-5-4-10/h3,6,10H,1-2,4-5H2/b8-6+. The van der Waals surface area contributed by atoms with Crippen LogP contribution in [0.1, 0.15) is 0 Å². The Bertz CT molecular complexity index is 173. The Labute approximate surface area is 75.0 Å². The zero-order valence-electron chi connectivity index (χ0n) is 6.22. The molecule has 0 saturated heterocycles. The van der Waals surface area contributed by atoms with Gasteiger partial charge in [-0.2, -0.15) is 0 Å². The number of rotatable bonds is 5. The summed E-state index contributed by atoms with van der Waals surface area (Å²) in [6, 6.07) is 0. The SMILES string of the molecule is C=C/C(Br)=C\C(=C)OCCO. The molecule has 0 unspecified atom stereocenters. The van der Waals surface area contributed by atoms with Gasteiger partial charge in [-0.05, 0) is 6.08 Å². The summed E-state index contributed by atoms with van der Waals surface area (Å²) in [5.74, 6) is 0.505. The van der Waals surface area contributed by atoms with Crippen LogP contribution in [0.15, 0.2) is 35.6 Å². The van der Waals surface area contributed by atoms with Gasteiger partial charge in [-0.3, -0.25) is 0 Å². The summed E-state index contributed by atoms with van der Waals surface area (Å²) < 4.78 is 5.77. The molecule has 0 rings (SSSR count). The van der Waals surface area contributed by atoms with Crippen LogP contribution in [0.25, 0.3) is 0 Å². The molecule has 0 bridgehead atoms. The fourth-order valence-corrected chi connectivity index (χ4v) is 0.686. The van der Waals surface area contributed by atoms with E-state index >= 15 is 0 Å². The van der Waals surface area contributed by atoms with E-state index in [1.54, 1.807) is 12.2 Å². The van der Waals surface area contributed by atoms with E-state index in [1.165, 1.54) is 0 Å². The molecule has 11 heavy (non-hydrogen) atoms. The molecule has 0 heterocycles. The molecule has 0 fully saturated rings. The first-order valence-electron chi connectivity index (χ1n) is 3.13. The van der Waals surface area contributed by atoms with Gasteiger partial charge in [0.05, 0.1) is 6.61 Å². The molecule has 0 aliphatic carbocycles. The van der Waals surface area contributed by atoms with Gasteiger partial charge < -0.3 is 9.84 Å². The van der Waals surface area contributed by atoms with E-state index in [1.807, 2.05) is 0 Å². The summed E-state index contributed by atoms with van der Waals surface area (Å²) in [7, 11) is 0. The van der Waals surface area contributed by atoms with Crippen LogP contribution >= 0.6 is 15.9 Å². The van der Waals surface area contributed by atoms with Gasteiger partial charge in [0.15, 0.2) is 0 Å². The largest absolute Gasteiger partial charge is 0.492 e. The molecule has 0 spiro atoms. The molecule has 0 aliphatic heterocycles. The van der Waals surface area contributed by atoms with Crippen LogP contribution in [0.2, 0.25) is 0 Å². The molecular weight excluding hydrogens is 208 g/mol. The van der Waals surface area contributed by atoms with Crippen molar-refractivity contribution in [2.45, 2.75) is 0 Å². The Kier molecular flexibility index (Phi) is 5.88. The van der Waals surface area contributed by atoms with E-state index in [9.17, 15) is 0 Å². The zero-order valence-corrected chi connectivity index (χ0v) is 7.80. The van der Waals surface area contributed by atoms with Crippen molar-refractivity contribution in [2.75, 3.05) is 13.2 Å². The molecular formula is C8H11BrO2. The normalized spacial score (nSPS) is 10.9. The predicted octanol–water partition coefficient (Wildman–Crippen LogP) is 1.97. The smallest absolute Gasteiger partial charge is 0.113 e. The second-order valence-electron chi connectivity index (χ2n) is 1.77. The molecule has 0 atom stereocenters. The maximum absolute atomic E-state index is 8.39. The quantitative estimate of drug-likeness (QED) is 0.565. The molecule has 0 radical (unpaired) electrons. The number of halogens is 1. The topological polar surface area (TPSA) is 29.5 Å². The number of allylic oxidation sites excluding steroid dienone is 3. The maximum Gasteiger partial charge on any atom is 0.113 e. The van der Waals surface area contributed by atoms with Crippen LogP contribution in [-0.4, -0.2) is 18.3 Å². The zero-order chi connectivity index (χ0) is 8.69. The van der Waals surface area contributed by atoms with Crippen LogP contribution in [0.5, 0.6) is 0 Å². The fourth-order valence-electron chi connectivity index (χ4n) is 0.431. The Morgan fingerprint density at radius 3 is 2.73 bits per heavy atom. The summed E-state index contributed by atoms with van der Waals surface area (Å²) >= 11 is 3.21. The van der Waals surface area contributed by atoms with E-state index in [4.69, 9.17) is 9.84 Å².